The van der Waals surface area contributed by atoms with E-state index in [1.807, 2.05) is 0 Å². The van der Waals surface area contributed by atoms with E-state index < -0.39 is 0 Å². The minimum Gasteiger partial charge on any atom is -0.350 e. The van der Waals surface area contributed by atoms with Gasteiger partial charge < -0.3 is 16.4 Å². The predicted molar refractivity (Wildman–Crippen MR) is 52.4 cm³/mol. The van der Waals surface area contributed by atoms with Crippen LogP contribution in [-0.2, 0) is 9.59 Å². The first kappa shape index (κ1) is 11.0. The Hall–Kier alpha value is -1.10. The molecular weight excluding hydrogens is 182 g/mol. The predicted octanol–water partition coefficient (Wildman–Crippen LogP) is -1.02. The molecule has 5 heteroatoms. The lowest BCUT2D eigenvalue weighted by Crippen LogP contribution is -2.45. The van der Waals surface area contributed by atoms with Crippen LogP contribution in [0.4, 0.5) is 0 Å². The van der Waals surface area contributed by atoms with Crippen molar-refractivity contribution in [1.82, 2.24) is 10.6 Å². The summed E-state index contributed by atoms with van der Waals surface area (Å²) in [5.41, 5.74) is 5.52. The van der Waals surface area contributed by atoms with Gasteiger partial charge in [0.2, 0.25) is 11.8 Å². The summed E-state index contributed by atoms with van der Waals surface area (Å²) in [6.45, 7) is 1.89. The Morgan fingerprint density at radius 2 is 2.14 bits per heavy atom. The summed E-state index contributed by atoms with van der Waals surface area (Å²) in [6.07, 6.45) is 2.28. The van der Waals surface area contributed by atoms with E-state index in [9.17, 15) is 9.59 Å². The van der Waals surface area contributed by atoms with Gasteiger partial charge in [-0.25, -0.2) is 0 Å². The van der Waals surface area contributed by atoms with Crippen molar-refractivity contribution in [2.75, 3.05) is 13.1 Å². The molecule has 0 saturated heterocycles. The zero-order valence-electron chi connectivity index (χ0n) is 8.38. The van der Waals surface area contributed by atoms with Gasteiger partial charge in [-0.05, 0) is 18.8 Å². The van der Waals surface area contributed by atoms with Gasteiger partial charge in [0, 0.05) is 19.5 Å². The maximum atomic E-state index is 11.3. The molecule has 0 aromatic rings. The summed E-state index contributed by atoms with van der Waals surface area (Å²) >= 11 is 0. The van der Waals surface area contributed by atoms with Gasteiger partial charge in [0.15, 0.2) is 0 Å². The number of carbonyl (C=O) groups excluding carboxylic acids is 2. The fourth-order valence-electron chi connectivity index (χ4n) is 1.33. The number of nitrogens with one attached hydrogen (secondary N) is 2. The van der Waals surface area contributed by atoms with Gasteiger partial charge in [0.1, 0.15) is 0 Å². The summed E-state index contributed by atoms with van der Waals surface area (Å²) < 4.78 is 0. The summed E-state index contributed by atoms with van der Waals surface area (Å²) in [5.74, 6) is 0.180. The molecule has 0 aliphatic heterocycles. The molecule has 0 aromatic carbocycles. The lowest BCUT2D eigenvalue weighted by molar-refractivity contribution is -0.125. The number of nitrogens with two attached hydrogens (primary N) is 1. The Kier molecular flexibility index (Phi) is 3.88. The van der Waals surface area contributed by atoms with Crippen LogP contribution in [0.5, 0.6) is 0 Å². The normalized spacial score (nSPS) is 17.3. The second-order valence-corrected chi connectivity index (χ2v) is 3.66. The highest BCUT2D eigenvalue weighted by molar-refractivity contribution is 5.83. The first-order valence-electron chi connectivity index (χ1n) is 4.87. The molecule has 2 amide bonds. The lowest BCUT2D eigenvalue weighted by atomic mass is 10.2. The summed E-state index contributed by atoms with van der Waals surface area (Å²) in [5, 5.41) is 5.25. The molecule has 1 aliphatic carbocycles. The molecule has 0 aromatic heterocycles. The number of rotatable bonds is 5. The van der Waals surface area contributed by atoms with Crippen molar-refractivity contribution in [3.8, 4) is 0 Å². The van der Waals surface area contributed by atoms with E-state index in [0.717, 1.165) is 12.8 Å². The van der Waals surface area contributed by atoms with Gasteiger partial charge >= 0.3 is 0 Å². The number of hydrogen-bond acceptors (Lipinski definition) is 3. The SMILES string of the molecule is CC(=O)NCC(=O)NC(CN)C1CC1. The zero-order chi connectivity index (χ0) is 10.6. The van der Waals surface area contributed by atoms with E-state index in [4.69, 9.17) is 5.73 Å². The largest absolute Gasteiger partial charge is 0.350 e. The number of hydrogen-bond donors (Lipinski definition) is 3. The van der Waals surface area contributed by atoms with Crippen molar-refractivity contribution in [3.05, 3.63) is 0 Å². The maximum Gasteiger partial charge on any atom is 0.239 e. The first-order chi connectivity index (χ1) is 6.63. The third kappa shape index (κ3) is 3.74. The highest BCUT2D eigenvalue weighted by Gasteiger charge is 2.30. The third-order valence-electron chi connectivity index (χ3n) is 2.29. The lowest BCUT2D eigenvalue weighted by Gasteiger charge is -2.15. The second-order valence-electron chi connectivity index (χ2n) is 3.66. The van der Waals surface area contributed by atoms with Gasteiger partial charge in [0.05, 0.1) is 6.54 Å². The Morgan fingerprint density at radius 3 is 2.57 bits per heavy atom. The van der Waals surface area contributed by atoms with Crippen LogP contribution in [0.15, 0.2) is 0 Å². The van der Waals surface area contributed by atoms with Gasteiger partial charge in [-0.3, -0.25) is 9.59 Å². The minimum atomic E-state index is -0.198. The van der Waals surface area contributed by atoms with Crippen LogP contribution in [-0.4, -0.2) is 30.9 Å². The first-order valence-corrected chi connectivity index (χ1v) is 4.87. The fraction of sp³-hybridized carbons (Fsp3) is 0.778. The maximum absolute atomic E-state index is 11.3. The van der Waals surface area contributed by atoms with Crippen LogP contribution >= 0.6 is 0 Å². The molecule has 1 unspecified atom stereocenters. The average molecular weight is 199 g/mol. The second kappa shape index (κ2) is 4.95. The van der Waals surface area contributed by atoms with Crippen molar-refractivity contribution in [2.24, 2.45) is 11.7 Å². The van der Waals surface area contributed by atoms with Crippen molar-refractivity contribution >= 4 is 11.8 Å². The molecule has 80 valence electrons. The topological polar surface area (TPSA) is 84.2 Å². The van der Waals surface area contributed by atoms with Crippen LogP contribution in [0.1, 0.15) is 19.8 Å². The quantitative estimate of drug-likeness (QED) is 0.529. The Bertz CT molecular complexity index is 226. The van der Waals surface area contributed by atoms with Crippen molar-refractivity contribution < 1.29 is 9.59 Å². The molecule has 1 rings (SSSR count). The molecular formula is C9H17N3O2. The van der Waals surface area contributed by atoms with E-state index in [1.54, 1.807) is 0 Å². The molecule has 1 fully saturated rings. The van der Waals surface area contributed by atoms with E-state index in [0.29, 0.717) is 12.5 Å². The van der Waals surface area contributed by atoms with Gasteiger partial charge in [0.25, 0.3) is 0 Å². The van der Waals surface area contributed by atoms with E-state index in [1.165, 1.54) is 6.92 Å². The van der Waals surface area contributed by atoms with E-state index in [2.05, 4.69) is 10.6 Å². The molecule has 1 saturated carbocycles. The van der Waals surface area contributed by atoms with Crippen molar-refractivity contribution in [2.45, 2.75) is 25.8 Å². The number of amides is 2. The molecule has 0 radical (unpaired) electrons. The molecule has 0 spiro atoms. The highest BCUT2D eigenvalue weighted by Crippen LogP contribution is 2.31. The highest BCUT2D eigenvalue weighted by atomic mass is 16.2. The zero-order valence-corrected chi connectivity index (χ0v) is 8.38. The molecule has 1 atom stereocenters. The van der Waals surface area contributed by atoms with Crippen LogP contribution < -0.4 is 16.4 Å². The minimum absolute atomic E-state index is 0.0402. The molecule has 1 aliphatic rings. The van der Waals surface area contributed by atoms with Gasteiger partial charge in [-0.2, -0.15) is 0 Å². The molecule has 0 heterocycles. The Balaban J connectivity index is 2.20. The summed E-state index contributed by atoms with van der Waals surface area (Å²) in [4.78, 5) is 21.8. The summed E-state index contributed by atoms with van der Waals surface area (Å²) in [7, 11) is 0. The smallest absolute Gasteiger partial charge is 0.239 e. The standard InChI is InChI=1S/C9H17N3O2/c1-6(13)11-5-9(14)12-8(4-10)7-2-3-7/h7-8H,2-5,10H2,1H3,(H,11,13)(H,12,14). The van der Waals surface area contributed by atoms with Gasteiger partial charge in [-0.1, -0.05) is 0 Å². The van der Waals surface area contributed by atoms with Crippen LogP contribution in [0.25, 0.3) is 0 Å². The third-order valence-corrected chi connectivity index (χ3v) is 2.29. The molecule has 4 N–H and O–H groups in total. The monoisotopic (exact) mass is 199 g/mol. The van der Waals surface area contributed by atoms with Crippen molar-refractivity contribution in [1.29, 1.82) is 0 Å². The molecule has 0 bridgehead atoms. The Morgan fingerprint density at radius 1 is 1.50 bits per heavy atom. The van der Waals surface area contributed by atoms with E-state index >= 15 is 0 Å². The van der Waals surface area contributed by atoms with Crippen molar-refractivity contribution in [3.63, 3.8) is 0 Å². The van der Waals surface area contributed by atoms with Gasteiger partial charge in [-0.15, -0.1) is 0 Å². The van der Waals surface area contributed by atoms with Crippen LogP contribution in [0.2, 0.25) is 0 Å². The molecule has 14 heavy (non-hydrogen) atoms. The number of carbonyl (C=O) groups is 2. The van der Waals surface area contributed by atoms with Crippen LogP contribution in [0, 0.1) is 5.92 Å². The average Bonchev–Trinajstić information content (AvgIpc) is 2.94. The molecule has 5 nitrogen and oxygen atoms in total. The fourth-order valence-corrected chi connectivity index (χ4v) is 1.33. The summed E-state index contributed by atoms with van der Waals surface area (Å²) in [6, 6.07) is 0.0799. The van der Waals surface area contributed by atoms with Crippen LogP contribution in [0.3, 0.4) is 0 Å². The Labute approximate surface area is 83.4 Å². The van der Waals surface area contributed by atoms with E-state index in [-0.39, 0.29) is 24.4 Å².